The van der Waals surface area contributed by atoms with Gasteiger partial charge in [-0.05, 0) is 59.2 Å². The Balaban J connectivity index is 1.59. The molecule has 5 heteroatoms. The molecular formula is C14H27N3O2. The summed E-state index contributed by atoms with van der Waals surface area (Å²) in [5.41, 5.74) is -0.398. The number of ether oxygens (including phenoxy) is 1. The standard InChI is InChI=1S/C14H27N3O2/c1-14(2,3)19-13(18)17-9-12(10-17)16-8-11-4-6-15-7-5-11/h11-12,15-16H,4-10H2,1-3H3. The van der Waals surface area contributed by atoms with E-state index in [1.165, 1.54) is 12.8 Å². The fourth-order valence-corrected chi connectivity index (χ4v) is 2.50. The molecule has 0 aromatic carbocycles. The highest BCUT2D eigenvalue weighted by Gasteiger charge is 2.33. The van der Waals surface area contributed by atoms with E-state index < -0.39 is 5.60 Å². The van der Waals surface area contributed by atoms with Crippen LogP contribution >= 0.6 is 0 Å². The summed E-state index contributed by atoms with van der Waals surface area (Å²) < 4.78 is 5.34. The number of amides is 1. The largest absolute Gasteiger partial charge is 0.444 e. The Morgan fingerprint density at radius 2 is 1.95 bits per heavy atom. The van der Waals surface area contributed by atoms with Crippen LogP contribution in [0.2, 0.25) is 0 Å². The molecule has 0 atom stereocenters. The van der Waals surface area contributed by atoms with Crippen LogP contribution in [0.25, 0.3) is 0 Å². The van der Waals surface area contributed by atoms with Gasteiger partial charge in [-0.3, -0.25) is 0 Å². The van der Waals surface area contributed by atoms with Crippen LogP contribution in [0.15, 0.2) is 0 Å². The van der Waals surface area contributed by atoms with Crippen molar-refractivity contribution in [3.05, 3.63) is 0 Å². The van der Waals surface area contributed by atoms with Gasteiger partial charge in [-0.2, -0.15) is 0 Å². The maximum Gasteiger partial charge on any atom is 0.410 e. The number of nitrogens with zero attached hydrogens (tertiary/aromatic N) is 1. The van der Waals surface area contributed by atoms with Crippen molar-refractivity contribution in [3.63, 3.8) is 0 Å². The topological polar surface area (TPSA) is 53.6 Å². The number of carbonyl (C=O) groups is 1. The van der Waals surface area contributed by atoms with Crippen molar-refractivity contribution in [2.45, 2.75) is 45.3 Å². The summed E-state index contributed by atoms with van der Waals surface area (Å²) in [7, 11) is 0. The molecule has 0 spiro atoms. The van der Waals surface area contributed by atoms with Crippen molar-refractivity contribution in [1.29, 1.82) is 0 Å². The van der Waals surface area contributed by atoms with Gasteiger partial charge in [0, 0.05) is 19.1 Å². The first-order valence-electron chi connectivity index (χ1n) is 7.36. The smallest absolute Gasteiger partial charge is 0.410 e. The van der Waals surface area contributed by atoms with E-state index in [9.17, 15) is 4.79 Å². The molecule has 0 saturated carbocycles. The second-order valence-corrected chi connectivity index (χ2v) is 6.68. The summed E-state index contributed by atoms with van der Waals surface area (Å²) in [6.07, 6.45) is 2.33. The Bertz CT molecular complexity index is 302. The summed E-state index contributed by atoms with van der Waals surface area (Å²) in [5, 5.41) is 6.94. The predicted molar refractivity (Wildman–Crippen MR) is 75.2 cm³/mol. The van der Waals surface area contributed by atoms with Gasteiger partial charge in [-0.25, -0.2) is 4.79 Å². The zero-order valence-corrected chi connectivity index (χ0v) is 12.4. The molecule has 0 aromatic rings. The van der Waals surface area contributed by atoms with E-state index in [0.29, 0.717) is 6.04 Å². The van der Waals surface area contributed by atoms with Crippen LogP contribution in [0, 0.1) is 5.92 Å². The fraction of sp³-hybridized carbons (Fsp3) is 0.929. The van der Waals surface area contributed by atoms with Crippen molar-refractivity contribution in [2.24, 2.45) is 5.92 Å². The summed E-state index contributed by atoms with van der Waals surface area (Å²) >= 11 is 0. The van der Waals surface area contributed by atoms with E-state index in [1.54, 1.807) is 4.90 Å². The fourth-order valence-electron chi connectivity index (χ4n) is 2.50. The zero-order chi connectivity index (χ0) is 13.9. The molecule has 19 heavy (non-hydrogen) atoms. The number of rotatable bonds is 3. The quantitative estimate of drug-likeness (QED) is 0.808. The molecule has 0 bridgehead atoms. The summed E-state index contributed by atoms with van der Waals surface area (Å²) in [4.78, 5) is 13.5. The molecule has 0 aromatic heterocycles. The third-order valence-corrected chi connectivity index (χ3v) is 3.69. The Morgan fingerprint density at radius 3 is 2.53 bits per heavy atom. The average molecular weight is 269 g/mol. The van der Waals surface area contributed by atoms with Gasteiger partial charge in [-0.15, -0.1) is 0 Å². The van der Waals surface area contributed by atoms with Crippen LogP contribution in [0.3, 0.4) is 0 Å². The molecule has 5 nitrogen and oxygen atoms in total. The van der Waals surface area contributed by atoms with Gasteiger partial charge in [0.05, 0.1) is 0 Å². The van der Waals surface area contributed by atoms with E-state index in [0.717, 1.165) is 38.6 Å². The third-order valence-electron chi connectivity index (χ3n) is 3.69. The normalized spacial score (nSPS) is 22.2. The van der Waals surface area contributed by atoms with E-state index in [4.69, 9.17) is 4.74 Å². The predicted octanol–water partition coefficient (Wildman–Crippen LogP) is 1.19. The Hall–Kier alpha value is -0.810. The first-order valence-corrected chi connectivity index (χ1v) is 7.36. The van der Waals surface area contributed by atoms with Gasteiger partial charge in [-0.1, -0.05) is 0 Å². The number of nitrogens with one attached hydrogen (secondary N) is 2. The number of hydrogen-bond acceptors (Lipinski definition) is 4. The molecular weight excluding hydrogens is 242 g/mol. The van der Waals surface area contributed by atoms with Crippen LogP contribution in [0.1, 0.15) is 33.6 Å². The molecule has 1 amide bonds. The first kappa shape index (κ1) is 14.6. The lowest BCUT2D eigenvalue weighted by Crippen LogP contribution is -2.61. The lowest BCUT2D eigenvalue weighted by Gasteiger charge is -2.41. The van der Waals surface area contributed by atoms with Gasteiger partial charge >= 0.3 is 6.09 Å². The zero-order valence-electron chi connectivity index (χ0n) is 12.4. The SMILES string of the molecule is CC(C)(C)OC(=O)N1CC(NCC2CCNCC2)C1. The van der Waals surface area contributed by atoms with Crippen molar-refractivity contribution in [3.8, 4) is 0 Å². The van der Waals surface area contributed by atoms with Gasteiger partial charge < -0.3 is 20.3 Å². The molecule has 2 N–H and O–H groups in total. The van der Waals surface area contributed by atoms with Crippen molar-refractivity contribution >= 4 is 6.09 Å². The molecule has 0 aliphatic carbocycles. The minimum Gasteiger partial charge on any atom is -0.444 e. The van der Waals surface area contributed by atoms with Crippen LogP contribution in [0.4, 0.5) is 4.79 Å². The molecule has 0 radical (unpaired) electrons. The summed E-state index contributed by atoms with van der Waals surface area (Å²) in [6.45, 7) is 10.6. The third kappa shape index (κ3) is 4.66. The molecule has 2 saturated heterocycles. The van der Waals surface area contributed by atoms with Crippen LogP contribution in [0.5, 0.6) is 0 Å². The van der Waals surface area contributed by atoms with E-state index >= 15 is 0 Å². The van der Waals surface area contributed by atoms with Gasteiger partial charge in [0.25, 0.3) is 0 Å². The van der Waals surface area contributed by atoms with E-state index in [2.05, 4.69) is 10.6 Å². The summed E-state index contributed by atoms with van der Waals surface area (Å²) in [5.74, 6) is 0.789. The van der Waals surface area contributed by atoms with Gasteiger partial charge in [0.1, 0.15) is 5.60 Å². The first-order chi connectivity index (χ1) is 8.94. The second-order valence-electron chi connectivity index (χ2n) is 6.68. The van der Waals surface area contributed by atoms with Crippen LogP contribution < -0.4 is 10.6 Å². The molecule has 2 heterocycles. The molecule has 0 unspecified atom stereocenters. The highest BCUT2D eigenvalue weighted by Crippen LogP contribution is 2.16. The van der Waals surface area contributed by atoms with Crippen LogP contribution in [-0.4, -0.2) is 55.4 Å². The van der Waals surface area contributed by atoms with Crippen molar-refractivity contribution < 1.29 is 9.53 Å². The molecule has 2 aliphatic heterocycles. The number of carbonyl (C=O) groups excluding carboxylic acids is 1. The Morgan fingerprint density at radius 1 is 1.32 bits per heavy atom. The van der Waals surface area contributed by atoms with Gasteiger partial charge in [0.2, 0.25) is 0 Å². The lowest BCUT2D eigenvalue weighted by molar-refractivity contribution is 0.00491. The maximum atomic E-state index is 11.8. The van der Waals surface area contributed by atoms with Crippen LogP contribution in [-0.2, 0) is 4.74 Å². The maximum absolute atomic E-state index is 11.8. The monoisotopic (exact) mass is 269 g/mol. The van der Waals surface area contributed by atoms with E-state index in [1.807, 2.05) is 20.8 Å². The number of likely N-dealkylation sites (tertiary alicyclic amines) is 1. The Labute approximate surface area is 116 Å². The Kier molecular flexibility index (Phi) is 4.68. The number of piperidine rings is 1. The minimum absolute atomic E-state index is 0.188. The molecule has 110 valence electrons. The molecule has 2 fully saturated rings. The highest BCUT2D eigenvalue weighted by molar-refractivity contribution is 5.69. The molecule has 2 aliphatic rings. The lowest BCUT2D eigenvalue weighted by atomic mass is 9.97. The van der Waals surface area contributed by atoms with Crippen molar-refractivity contribution in [2.75, 3.05) is 32.7 Å². The van der Waals surface area contributed by atoms with Gasteiger partial charge in [0.15, 0.2) is 0 Å². The highest BCUT2D eigenvalue weighted by atomic mass is 16.6. The number of hydrogen-bond donors (Lipinski definition) is 2. The second kappa shape index (κ2) is 6.09. The minimum atomic E-state index is -0.398. The van der Waals surface area contributed by atoms with Crippen molar-refractivity contribution in [1.82, 2.24) is 15.5 Å². The average Bonchev–Trinajstić information content (AvgIpc) is 2.25. The molecule has 2 rings (SSSR count). The van der Waals surface area contributed by atoms with E-state index in [-0.39, 0.29) is 6.09 Å². The summed E-state index contributed by atoms with van der Waals surface area (Å²) in [6, 6.07) is 0.447.